The van der Waals surface area contributed by atoms with E-state index in [0.29, 0.717) is 39.0 Å². The number of hydrogen-bond acceptors (Lipinski definition) is 4. The SMILES string of the molecule is CCCCCNC(=O)[C@H](Cc1ccccc1)N(Cc1ccccc1)C(=O)CCc1ccc(S(=O)(=O)N2CCCC2)cc1. The van der Waals surface area contributed by atoms with Crippen LogP contribution in [0.2, 0.25) is 0 Å². The molecule has 0 bridgehead atoms. The van der Waals surface area contributed by atoms with Crippen LogP contribution < -0.4 is 5.32 Å². The largest absolute Gasteiger partial charge is 0.354 e. The molecule has 1 atom stereocenters. The molecule has 2 amide bonds. The van der Waals surface area contributed by atoms with Crippen molar-refractivity contribution >= 4 is 21.8 Å². The van der Waals surface area contributed by atoms with Crippen LogP contribution in [0.3, 0.4) is 0 Å². The van der Waals surface area contributed by atoms with Crippen LogP contribution in [-0.2, 0) is 39.0 Å². The molecule has 1 fully saturated rings. The number of hydrogen-bond donors (Lipinski definition) is 1. The lowest BCUT2D eigenvalue weighted by Crippen LogP contribution is -2.50. The molecule has 1 aliphatic heterocycles. The number of nitrogens with one attached hydrogen (secondary N) is 1. The third kappa shape index (κ3) is 8.76. The van der Waals surface area contributed by atoms with Gasteiger partial charge in [-0.2, -0.15) is 4.31 Å². The van der Waals surface area contributed by atoms with Gasteiger partial charge in [-0.05, 0) is 54.5 Å². The minimum atomic E-state index is -3.48. The third-order valence-electron chi connectivity index (χ3n) is 7.80. The quantitative estimate of drug-likeness (QED) is 0.242. The molecule has 4 rings (SSSR count). The molecule has 0 radical (unpaired) electrons. The Balaban J connectivity index is 1.51. The fraction of sp³-hybridized carbons (Fsp3) is 0.412. The van der Waals surface area contributed by atoms with E-state index in [9.17, 15) is 18.0 Å². The first-order valence-electron chi connectivity index (χ1n) is 15.1. The fourth-order valence-electron chi connectivity index (χ4n) is 5.34. The van der Waals surface area contributed by atoms with Crippen LogP contribution in [0.5, 0.6) is 0 Å². The highest BCUT2D eigenvalue weighted by molar-refractivity contribution is 7.89. The van der Waals surface area contributed by atoms with Crippen LogP contribution in [-0.4, -0.2) is 55.1 Å². The molecule has 1 saturated heterocycles. The normalized spacial score (nSPS) is 14.4. The van der Waals surface area contributed by atoms with Crippen LogP contribution in [0.15, 0.2) is 89.8 Å². The Morgan fingerprint density at radius 2 is 1.45 bits per heavy atom. The average Bonchev–Trinajstić information content (AvgIpc) is 3.57. The summed E-state index contributed by atoms with van der Waals surface area (Å²) in [5.74, 6) is -0.257. The molecular weight excluding hydrogens is 546 g/mol. The Kier molecular flexibility index (Phi) is 11.7. The van der Waals surface area contributed by atoms with Gasteiger partial charge in [-0.3, -0.25) is 9.59 Å². The molecule has 224 valence electrons. The van der Waals surface area contributed by atoms with E-state index in [1.54, 1.807) is 29.2 Å². The van der Waals surface area contributed by atoms with Gasteiger partial charge in [0.1, 0.15) is 6.04 Å². The van der Waals surface area contributed by atoms with E-state index < -0.39 is 16.1 Å². The lowest BCUT2D eigenvalue weighted by Gasteiger charge is -2.31. The van der Waals surface area contributed by atoms with Crippen molar-refractivity contribution in [3.8, 4) is 0 Å². The highest BCUT2D eigenvalue weighted by atomic mass is 32.2. The summed E-state index contributed by atoms with van der Waals surface area (Å²) < 4.78 is 27.3. The van der Waals surface area contributed by atoms with Crippen molar-refractivity contribution in [2.75, 3.05) is 19.6 Å². The number of nitrogens with zero attached hydrogens (tertiary/aromatic N) is 2. The van der Waals surface area contributed by atoms with E-state index in [0.717, 1.165) is 48.8 Å². The molecule has 8 heteroatoms. The maximum atomic E-state index is 13.9. The number of rotatable bonds is 15. The zero-order chi connectivity index (χ0) is 29.8. The van der Waals surface area contributed by atoms with Crippen LogP contribution >= 0.6 is 0 Å². The fourth-order valence-corrected chi connectivity index (χ4v) is 6.86. The zero-order valence-corrected chi connectivity index (χ0v) is 25.4. The summed E-state index contributed by atoms with van der Waals surface area (Å²) in [5, 5.41) is 3.08. The first kappa shape index (κ1) is 31.4. The molecule has 1 N–H and O–H groups in total. The van der Waals surface area contributed by atoms with Gasteiger partial charge < -0.3 is 10.2 Å². The molecule has 1 aliphatic rings. The van der Waals surface area contributed by atoms with Gasteiger partial charge in [0.05, 0.1) is 4.90 Å². The van der Waals surface area contributed by atoms with E-state index in [4.69, 9.17) is 0 Å². The molecule has 0 spiro atoms. The van der Waals surface area contributed by atoms with E-state index in [2.05, 4.69) is 12.2 Å². The van der Waals surface area contributed by atoms with E-state index in [1.807, 2.05) is 60.7 Å². The van der Waals surface area contributed by atoms with Gasteiger partial charge in [0.2, 0.25) is 21.8 Å². The van der Waals surface area contributed by atoms with Crippen molar-refractivity contribution < 1.29 is 18.0 Å². The van der Waals surface area contributed by atoms with Gasteiger partial charge in [-0.1, -0.05) is 92.6 Å². The molecular formula is C34H43N3O4S. The number of aryl methyl sites for hydroxylation is 1. The number of benzene rings is 3. The Morgan fingerprint density at radius 1 is 0.833 bits per heavy atom. The van der Waals surface area contributed by atoms with Gasteiger partial charge in [0, 0.05) is 39.0 Å². The summed E-state index contributed by atoms with van der Waals surface area (Å²) in [7, 11) is -3.48. The van der Waals surface area contributed by atoms with Gasteiger partial charge >= 0.3 is 0 Å². The Hall–Kier alpha value is -3.49. The van der Waals surface area contributed by atoms with Crippen LogP contribution in [0, 0.1) is 0 Å². The van der Waals surface area contributed by atoms with Crippen LogP contribution in [0.25, 0.3) is 0 Å². The van der Waals surface area contributed by atoms with E-state index in [-0.39, 0.29) is 23.1 Å². The zero-order valence-electron chi connectivity index (χ0n) is 24.6. The van der Waals surface area contributed by atoms with E-state index in [1.165, 1.54) is 4.31 Å². The smallest absolute Gasteiger partial charge is 0.243 e. The van der Waals surface area contributed by atoms with Gasteiger partial charge in [0.25, 0.3) is 0 Å². The predicted octanol–water partition coefficient (Wildman–Crippen LogP) is 5.35. The Labute approximate surface area is 251 Å². The first-order chi connectivity index (χ1) is 20.4. The van der Waals surface area contributed by atoms with Crippen molar-refractivity contribution in [1.82, 2.24) is 14.5 Å². The van der Waals surface area contributed by atoms with Crippen LogP contribution in [0.1, 0.15) is 62.1 Å². The molecule has 42 heavy (non-hydrogen) atoms. The van der Waals surface area contributed by atoms with Gasteiger partial charge in [0.15, 0.2) is 0 Å². The first-order valence-corrected chi connectivity index (χ1v) is 16.6. The summed E-state index contributed by atoms with van der Waals surface area (Å²) in [6, 6.07) is 25.8. The van der Waals surface area contributed by atoms with E-state index >= 15 is 0 Å². The average molecular weight is 590 g/mol. The summed E-state index contributed by atoms with van der Waals surface area (Å²) >= 11 is 0. The number of carbonyl (C=O) groups excluding carboxylic acids is 2. The van der Waals surface area contributed by atoms with Crippen molar-refractivity contribution in [2.24, 2.45) is 0 Å². The summed E-state index contributed by atoms with van der Waals surface area (Å²) in [6.07, 6.45) is 5.85. The molecule has 0 aromatic heterocycles. The van der Waals surface area contributed by atoms with Crippen LogP contribution in [0.4, 0.5) is 0 Å². The predicted molar refractivity (Wildman–Crippen MR) is 166 cm³/mol. The molecule has 0 unspecified atom stereocenters. The summed E-state index contributed by atoms with van der Waals surface area (Å²) in [6.45, 7) is 4.16. The molecule has 0 aliphatic carbocycles. The number of unbranched alkanes of at least 4 members (excludes halogenated alkanes) is 2. The molecule has 7 nitrogen and oxygen atoms in total. The van der Waals surface area contributed by atoms with Crippen molar-refractivity contribution in [3.05, 3.63) is 102 Å². The maximum Gasteiger partial charge on any atom is 0.243 e. The second-order valence-corrected chi connectivity index (χ2v) is 12.9. The lowest BCUT2D eigenvalue weighted by atomic mass is 10.0. The standard InChI is InChI=1S/C34H43N3O4S/c1-2-3-10-23-35-34(39)32(26-29-13-6-4-7-14-29)37(27-30-15-8-5-9-16-30)33(38)22-19-28-17-20-31(21-18-28)42(40,41)36-24-11-12-25-36/h4-9,13-18,20-21,32H,2-3,10-12,19,22-27H2,1H3,(H,35,39)/t32-/m0/s1. The minimum Gasteiger partial charge on any atom is -0.354 e. The summed E-state index contributed by atoms with van der Waals surface area (Å²) in [4.78, 5) is 29.5. The minimum absolute atomic E-state index is 0.114. The Bertz CT molecular complexity index is 1370. The second-order valence-electron chi connectivity index (χ2n) is 11.0. The highest BCUT2D eigenvalue weighted by Crippen LogP contribution is 2.22. The lowest BCUT2D eigenvalue weighted by molar-refractivity contribution is -0.141. The number of sulfonamides is 1. The molecule has 3 aromatic carbocycles. The molecule has 1 heterocycles. The monoisotopic (exact) mass is 589 g/mol. The topological polar surface area (TPSA) is 86.8 Å². The van der Waals surface area contributed by atoms with Crippen molar-refractivity contribution in [1.29, 1.82) is 0 Å². The molecule has 3 aromatic rings. The number of carbonyl (C=O) groups is 2. The maximum absolute atomic E-state index is 13.9. The molecule has 0 saturated carbocycles. The highest BCUT2D eigenvalue weighted by Gasteiger charge is 2.30. The second kappa shape index (κ2) is 15.7. The third-order valence-corrected chi connectivity index (χ3v) is 9.71. The Morgan fingerprint density at radius 3 is 2.07 bits per heavy atom. The summed E-state index contributed by atoms with van der Waals surface area (Å²) in [5.41, 5.74) is 2.83. The van der Waals surface area contributed by atoms with Crippen molar-refractivity contribution in [2.45, 2.75) is 75.8 Å². The van der Waals surface area contributed by atoms with Gasteiger partial charge in [-0.25, -0.2) is 8.42 Å². The van der Waals surface area contributed by atoms with Gasteiger partial charge in [-0.15, -0.1) is 0 Å². The number of amides is 2. The van der Waals surface area contributed by atoms with Crippen molar-refractivity contribution in [3.63, 3.8) is 0 Å².